The van der Waals surface area contributed by atoms with Gasteiger partial charge < -0.3 is 15.4 Å². The van der Waals surface area contributed by atoms with Crippen LogP contribution in [-0.4, -0.2) is 57.8 Å². The SMILES string of the molecule is COCC1(N)CC2=C(c3cnn(C(C)F)c3)CN=C(c3nccs3)N2C1. The van der Waals surface area contributed by atoms with Crippen molar-refractivity contribution in [3.8, 4) is 0 Å². The zero-order valence-electron chi connectivity index (χ0n) is 14.7. The number of aliphatic imine (C=N–C) groups is 1. The molecule has 9 heteroatoms. The predicted octanol–water partition coefficient (Wildman–Crippen LogP) is 2.05. The molecular formula is C17H21FN6OS. The number of methoxy groups -OCH3 is 1. The van der Waals surface area contributed by atoms with Crippen molar-refractivity contribution < 1.29 is 9.13 Å². The average Bonchev–Trinajstić information content (AvgIpc) is 3.33. The van der Waals surface area contributed by atoms with Gasteiger partial charge in [0.15, 0.2) is 17.1 Å². The van der Waals surface area contributed by atoms with E-state index in [0.29, 0.717) is 26.1 Å². The average molecular weight is 376 g/mol. The second-order valence-corrected chi connectivity index (χ2v) is 7.64. The molecule has 2 unspecified atom stereocenters. The topological polar surface area (TPSA) is 81.6 Å². The van der Waals surface area contributed by atoms with E-state index < -0.39 is 11.8 Å². The van der Waals surface area contributed by atoms with E-state index in [2.05, 4.69) is 15.0 Å². The standard InChI is InChI=1S/C17H21FN6OS/c1-11(18)24-8-12(6-22-24)13-7-21-15(16-20-3-4-26-16)23-9-17(19,10-25-2)5-14(13)23/h3-4,6,8,11H,5,7,9-10,19H2,1-2H3. The monoisotopic (exact) mass is 376 g/mol. The van der Waals surface area contributed by atoms with Crippen molar-refractivity contribution in [3.05, 3.63) is 40.2 Å². The largest absolute Gasteiger partial charge is 0.383 e. The lowest BCUT2D eigenvalue weighted by Gasteiger charge is -2.28. The van der Waals surface area contributed by atoms with E-state index in [1.54, 1.807) is 37.0 Å². The van der Waals surface area contributed by atoms with Crippen LogP contribution in [0.4, 0.5) is 4.39 Å². The Morgan fingerprint density at radius 2 is 2.35 bits per heavy atom. The molecule has 0 spiro atoms. The molecule has 2 aromatic heterocycles. The molecule has 4 rings (SSSR count). The van der Waals surface area contributed by atoms with E-state index in [1.165, 1.54) is 11.6 Å². The van der Waals surface area contributed by atoms with Crippen molar-refractivity contribution in [2.75, 3.05) is 26.8 Å². The Balaban J connectivity index is 1.75. The maximum atomic E-state index is 13.6. The van der Waals surface area contributed by atoms with E-state index in [4.69, 9.17) is 15.5 Å². The van der Waals surface area contributed by atoms with Crippen LogP contribution in [0.15, 0.2) is 34.7 Å². The second-order valence-electron chi connectivity index (χ2n) is 6.74. The number of hydrogen-bond donors (Lipinski definition) is 1. The highest BCUT2D eigenvalue weighted by molar-refractivity contribution is 7.11. The van der Waals surface area contributed by atoms with E-state index in [-0.39, 0.29) is 0 Å². The highest BCUT2D eigenvalue weighted by Crippen LogP contribution is 2.38. The molecule has 0 radical (unpaired) electrons. The van der Waals surface area contributed by atoms with Gasteiger partial charge in [0, 0.05) is 54.7 Å². The van der Waals surface area contributed by atoms with Crippen LogP contribution in [-0.2, 0) is 4.74 Å². The van der Waals surface area contributed by atoms with E-state index in [9.17, 15) is 4.39 Å². The van der Waals surface area contributed by atoms with Crippen molar-refractivity contribution in [3.63, 3.8) is 0 Å². The molecule has 0 aliphatic carbocycles. The third-order valence-electron chi connectivity index (χ3n) is 4.68. The first-order valence-corrected chi connectivity index (χ1v) is 9.29. The second kappa shape index (κ2) is 6.57. The first kappa shape index (κ1) is 17.3. The molecule has 0 aromatic carbocycles. The summed E-state index contributed by atoms with van der Waals surface area (Å²) in [5, 5.41) is 6.93. The summed E-state index contributed by atoms with van der Waals surface area (Å²) in [6, 6.07) is 0. The molecule has 7 nitrogen and oxygen atoms in total. The molecule has 2 N–H and O–H groups in total. The number of rotatable bonds is 5. The van der Waals surface area contributed by atoms with Gasteiger partial charge in [0.25, 0.3) is 0 Å². The van der Waals surface area contributed by atoms with Gasteiger partial charge in [-0.15, -0.1) is 11.3 Å². The van der Waals surface area contributed by atoms with Crippen molar-refractivity contribution >= 4 is 22.7 Å². The highest BCUT2D eigenvalue weighted by Gasteiger charge is 2.43. The Kier molecular flexibility index (Phi) is 4.37. The van der Waals surface area contributed by atoms with Crippen molar-refractivity contribution in [1.82, 2.24) is 19.7 Å². The number of nitrogens with two attached hydrogens (primary N) is 1. The lowest BCUT2D eigenvalue weighted by Crippen LogP contribution is -2.47. The van der Waals surface area contributed by atoms with Gasteiger partial charge in [-0.25, -0.2) is 14.1 Å². The van der Waals surface area contributed by atoms with Crippen LogP contribution in [0.25, 0.3) is 5.57 Å². The summed E-state index contributed by atoms with van der Waals surface area (Å²) < 4.78 is 20.2. The van der Waals surface area contributed by atoms with Crippen molar-refractivity contribution in [2.45, 2.75) is 25.2 Å². The number of fused-ring (bicyclic) bond motifs is 1. The van der Waals surface area contributed by atoms with Gasteiger partial charge in [-0.3, -0.25) is 4.99 Å². The van der Waals surface area contributed by atoms with Crippen LogP contribution >= 0.6 is 11.3 Å². The molecule has 0 saturated carbocycles. The lowest BCUT2D eigenvalue weighted by atomic mass is 9.97. The zero-order valence-corrected chi connectivity index (χ0v) is 15.5. The number of ether oxygens (including phenoxy) is 1. The Hall–Kier alpha value is -2.10. The number of halogens is 1. The smallest absolute Gasteiger partial charge is 0.188 e. The Morgan fingerprint density at radius 1 is 1.50 bits per heavy atom. The number of thiazole rings is 1. The molecule has 1 fully saturated rings. The van der Waals surface area contributed by atoms with Gasteiger partial charge >= 0.3 is 0 Å². The highest BCUT2D eigenvalue weighted by atomic mass is 32.1. The Bertz CT molecular complexity index is 858. The molecule has 0 amide bonds. The molecule has 4 heterocycles. The minimum absolute atomic E-state index is 0.451. The molecule has 138 valence electrons. The van der Waals surface area contributed by atoms with Gasteiger partial charge in [-0.1, -0.05) is 0 Å². The fourth-order valence-corrected chi connectivity index (χ4v) is 4.20. The van der Waals surface area contributed by atoms with Gasteiger partial charge in [0.2, 0.25) is 0 Å². The summed E-state index contributed by atoms with van der Waals surface area (Å²) in [6.45, 7) is 3.01. The van der Waals surface area contributed by atoms with Crippen LogP contribution in [0.2, 0.25) is 0 Å². The number of aromatic nitrogens is 3. The predicted molar refractivity (Wildman–Crippen MR) is 98.6 cm³/mol. The number of nitrogens with zero attached hydrogens (tertiary/aromatic N) is 5. The van der Waals surface area contributed by atoms with Crippen LogP contribution in [0.5, 0.6) is 0 Å². The van der Waals surface area contributed by atoms with Crippen LogP contribution in [0, 0.1) is 0 Å². The summed E-state index contributed by atoms with van der Waals surface area (Å²) in [4.78, 5) is 11.3. The van der Waals surface area contributed by atoms with E-state index in [0.717, 1.165) is 27.7 Å². The summed E-state index contributed by atoms with van der Waals surface area (Å²) in [5.41, 5.74) is 9.08. The van der Waals surface area contributed by atoms with Crippen molar-refractivity contribution in [2.24, 2.45) is 10.7 Å². The third kappa shape index (κ3) is 2.95. The van der Waals surface area contributed by atoms with E-state index in [1.807, 2.05) is 5.38 Å². The molecule has 26 heavy (non-hydrogen) atoms. The Morgan fingerprint density at radius 3 is 3.00 bits per heavy atom. The molecule has 0 bridgehead atoms. The molecular weight excluding hydrogens is 355 g/mol. The van der Waals surface area contributed by atoms with Gasteiger partial charge in [-0.05, 0) is 6.92 Å². The summed E-state index contributed by atoms with van der Waals surface area (Å²) >= 11 is 1.55. The van der Waals surface area contributed by atoms with Crippen molar-refractivity contribution in [1.29, 1.82) is 0 Å². The minimum Gasteiger partial charge on any atom is -0.383 e. The normalized spacial score (nSPS) is 24.0. The molecule has 2 aliphatic heterocycles. The quantitative estimate of drug-likeness (QED) is 0.864. The van der Waals surface area contributed by atoms with Gasteiger partial charge in [0.1, 0.15) is 0 Å². The molecule has 2 atom stereocenters. The van der Waals surface area contributed by atoms with Gasteiger partial charge in [-0.2, -0.15) is 5.10 Å². The zero-order chi connectivity index (χ0) is 18.3. The lowest BCUT2D eigenvalue weighted by molar-refractivity contribution is 0.138. The third-order valence-corrected chi connectivity index (χ3v) is 5.45. The Labute approximate surface area is 155 Å². The number of amidine groups is 1. The summed E-state index contributed by atoms with van der Waals surface area (Å²) in [7, 11) is 1.66. The fourth-order valence-electron chi connectivity index (χ4n) is 3.55. The maximum Gasteiger partial charge on any atom is 0.188 e. The molecule has 2 aliphatic rings. The van der Waals surface area contributed by atoms with Crippen LogP contribution in [0.3, 0.4) is 0 Å². The first-order chi connectivity index (χ1) is 12.5. The first-order valence-electron chi connectivity index (χ1n) is 8.41. The molecule has 1 saturated heterocycles. The number of alkyl halides is 1. The summed E-state index contributed by atoms with van der Waals surface area (Å²) in [6.07, 6.45) is 4.68. The van der Waals surface area contributed by atoms with Crippen LogP contribution < -0.4 is 5.73 Å². The van der Waals surface area contributed by atoms with Crippen LogP contribution in [0.1, 0.15) is 30.2 Å². The minimum atomic E-state index is -1.17. The van der Waals surface area contributed by atoms with Gasteiger partial charge in [0.05, 0.1) is 24.9 Å². The fraction of sp³-hybridized carbons (Fsp3) is 0.471. The van der Waals surface area contributed by atoms with E-state index >= 15 is 0 Å². The molecule has 2 aromatic rings. The summed E-state index contributed by atoms with van der Waals surface area (Å²) in [5.74, 6) is 0.841. The number of hydrogen-bond acceptors (Lipinski definition) is 7. The maximum absolute atomic E-state index is 13.6.